The third-order valence-electron chi connectivity index (χ3n) is 13.6. The molecular weight excluding hydrogens is 919 g/mol. The maximum absolute atomic E-state index is 14.7. The van der Waals surface area contributed by atoms with Crippen LogP contribution in [0.15, 0.2) is 121 Å². The monoisotopic (exact) mass is 988 g/mol. The van der Waals surface area contributed by atoms with Gasteiger partial charge in [-0.2, -0.15) is 0 Å². The molecule has 378 valence electrons. The molecule has 2 aliphatic rings. The van der Waals surface area contributed by atoms with Crippen LogP contribution in [0.25, 0.3) is 21.5 Å². The second-order valence-corrected chi connectivity index (χ2v) is 25.7. The third-order valence-corrected chi connectivity index (χ3v) is 15.3. The molecule has 0 radical (unpaired) electrons. The standard InChI is InChI=1S/C58H70F2N2O8Si/c1-64-28-6-30-66-50-22-16-42-10-8-40(32-46(42)34-50)37-68-54-36-62(27-25-52(54)44-12-18-48(59)19-13-44)58(63)70-55(39-71(3,4)5)56-57(53(24-26-61-56)45-14-20-49(60)21-15-45)69-38-41-9-11-43-17-23-51(35-47(43)33-41)67-31-7-29-65-2/h8-23,32-35,52-57,61H,6-7,24-31,36-39H2,1-5H3. The predicted octanol–water partition coefficient (Wildman–Crippen LogP) is 12.1. The Morgan fingerprint density at radius 3 is 1.73 bits per heavy atom. The lowest BCUT2D eigenvalue weighted by Gasteiger charge is -2.44. The number of nitrogens with zero attached hydrogens (tertiary/aromatic N) is 1. The first-order valence-electron chi connectivity index (χ1n) is 25.1. The molecule has 2 aliphatic heterocycles. The number of methoxy groups -OCH3 is 2. The minimum Gasteiger partial charge on any atom is -0.493 e. The van der Waals surface area contributed by atoms with E-state index in [1.54, 1.807) is 19.1 Å². The number of likely N-dealkylation sites (tertiary alicyclic amines) is 1. The first kappa shape index (κ1) is 51.9. The Balaban J connectivity index is 1.01. The lowest BCUT2D eigenvalue weighted by atomic mass is 9.82. The first-order chi connectivity index (χ1) is 34.4. The Kier molecular flexibility index (Phi) is 18.1. The molecule has 13 heteroatoms. The zero-order chi connectivity index (χ0) is 49.7. The van der Waals surface area contributed by atoms with Crippen molar-refractivity contribution in [2.75, 3.05) is 60.3 Å². The van der Waals surface area contributed by atoms with Gasteiger partial charge >= 0.3 is 6.09 Å². The van der Waals surface area contributed by atoms with E-state index >= 15 is 0 Å². The molecule has 0 aromatic heterocycles. The molecule has 2 saturated heterocycles. The fourth-order valence-corrected chi connectivity index (χ4v) is 11.6. The van der Waals surface area contributed by atoms with Crippen molar-refractivity contribution in [2.45, 2.75) is 101 Å². The van der Waals surface area contributed by atoms with E-state index in [9.17, 15) is 13.6 Å². The maximum Gasteiger partial charge on any atom is 0.410 e. The smallest absolute Gasteiger partial charge is 0.410 e. The molecule has 8 rings (SSSR count). The van der Waals surface area contributed by atoms with Gasteiger partial charge in [-0.1, -0.05) is 80.3 Å². The van der Waals surface area contributed by atoms with Crippen LogP contribution in [0.1, 0.15) is 59.8 Å². The molecule has 1 N–H and O–H groups in total. The van der Waals surface area contributed by atoms with Gasteiger partial charge in [0.25, 0.3) is 0 Å². The van der Waals surface area contributed by atoms with Gasteiger partial charge in [-0.15, -0.1) is 0 Å². The molecular formula is C58H70F2N2O8Si. The van der Waals surface area contributed by atoms with Crippen LogP contribution in [0.2, 0.25) is 25.7 Å². The summed E-state index contributed by atoms with van der Waals surface area (Å²) in [7, 11) is 1.49. The van der Waals surface area contributed by atoms with Gasteiger partial charge in [-0.05, 0) is 130 Å². The number of amides is 1. The van der Waals surface area contributed by atoms with Gasteiger partial charge in [0.2, 0.25) is 0 Å². The number of nitrogens with one attached hydrogen (secondary N) is 1. The van der Waals surface area contributed by atoms with Crippen molar-refractivity contribution in [1.82, 2.24) is 10.2 Å². The normalized spacial score (nSPS) is 20.0. The highest BCUT2D eigenvalue weighted by Crippen LogP contribution is 2.37. The number of hydrogen-bond donors (Lipinski definition) is 1. The molecule has 71 heavy (non-hydrogen) atoms. The number of piperidine rings is 2. The number of benzene rings is 6. The molecule has 0 saturated carbocycles. The number of carbonyl (C=O) groups excluding carboxylic acids is 1. The summed E-state index contributed by atoms with van der Waals surface area (Å²) in [4.78, 5) is 16.5. The van der Waals surface area contributed by atoms with E-state index in [1.807, 2.05) is 42.5 Å². The van der Waals surface area contributed by atoms with Crippen molar-refractivity contribution in [2.24, 2.45) is 0 Å². The summed E-state index contributed by atoms with van der Waals surface area (Å²) in [6.45, 7) is 11.3. The van der Waals surface area contributed by atoms with Gasteiger partial charge in [0.05, 0.1) is 51.2 Å². The van der Waals surface area contributed by atoms with Crippen molar-refractivity contribution in [3.8, 4) is 11.5 Å². The van der Waals surface area contributed by atoms with Crippen LogP contribution in [0.3, 0.4) is 0 Å². The Morgan fingerprint density at radius 1 is 0.648 bits per heavy atom. The highest BCUT2D eigenvalue weighted by molar-refractivity contribution is 6.76. The topological polar surface area (TPSA) is 97.0 Å². The van der Waals surface area contributed by atoms with Crippen molar-refractivity contribution >= 4 is 35.7 Å². The summed E-state index contributed by atoms with van der Waals surface area (Å²) in [5.41, 5.74) is 3.94. The molecule has 6 unspecified atom stereocenters. The quantitative estimate of drug-likeness (QED) is 0.0527. The zero-order valence-corrected chi connectivity index (χ0v) is 42.9. The SMILES string of the molecule is COCCCOc1ccc2ccc(COC3CN(C(=O)OC(C[Si](C)(C)C)C4NCCC(c5ccc(F)cc5)C4OCc4ccc5ccc(OCCCOC)cc5c4)CCC3c3ccc(F)cc3)cc2c1. The molecule has 2 fully saturated rings. The summed E-state index contributed by atoms with van der Waals surface area (Å²) in [6.07, 6.45) is 1.26. The molecule has 2 heterocycles. The summed E-state index contributed by atoms with van der Waals surface area (Å²) in [5.74, 6) is 0.838. The lowest BCUT2D eigenvalue weighted by Crippen LogP contribution is -2.59. The van der Waals surface area contributed by atoms with Crippen molar-refractivity contribution in [1.29, 1.82) is 0 Å². The van der Waals surface area contributed by atoms with E-state index < -0.39 is 32.5 Å². The molecule has 6 aromatic rings. The molecule has 0 bridgehead atoms. The van der Waals surface area contributed by atoms with Gasteiger partial charge in [0, 0.05) is 66.7 Å². The van der Waals surface area contributed by atoms with Crippen molar-refractivity contribution < 1.29 is 46.7 Å². The predicted molar refractivity (Wildman–Crippen MR) is 278 cm³/mol. The first-order valence-corrected chi connectivity index (χ1v) is 28.9. The molecule has 0 aliphatic carbocycles. The largest absolute Gasteiger partial charge is 0.493 e. The third kappa shape index (κ3) is 14.4. The number of ether oxygens (including phenoxy) is 7. The van der Waals surface area contributed by atoms with Crippen LogP contribution in [0.5, 0.6) is 11.5 Å². The minimum absolute atomic E-state index is 0.0747. The number of rotatable bonds is 22. The van der Waals surface area contributed by atoms with Crippen LogP contribution in [0.4, 0.5) is 13.6 Å². The number of hydrogen-bond acceptors (Lipinski definition) is 9. The molecule has 1 amide bonds. The van der Waals surface area contributed by atoms with Crippen LogP contribution in [-0.2, 0) is 36.9 Å². The van der Waals surface area contributed by atoms with E-state index in [2.05, 4.69) is 79.6 Å². The number of carbonyl (C=O) groups is 1. The summed E-state index contributed by atoms with van der Waals surface area (Å²) in [6, 6.07) is 38.5. The molecule has 6 aromatic carbocycles. The van der Waals surface area contributed by atoms with Crippen LogP contribution in [-0.4, -0.2) is 104 Å². The lowest BCUT2D eigenvalue weighted by molar-refractivity contribution is -0.0622. The van der Waals surface area contributed by atoms with Crippen LogP contribution >= 0.6 is 0 Å². The van der Waals surface area contributed by atoms with E-state index in [-0.39, 0.29) is 29.5 Å². The fraction of sp³-hybridized carbons (Fsp3) is 0.431. The molecule has 10 nitrogen and oxygen atoms in total. The summed E-state index contributed by atoms with van der Waals surface area (Å²) < 4.78 is 71.5. The Hall–Kier alpha value is -5.41. The number of fused-ring (bicyclic) bond motifs is 2. The average molecular weight is 989 g/mol. The fourth-order valence-electron chi connectivity index (χ4n) is 10.0. The summed E-state index contributed by atoms with van der Waals surface area (Å²) >= 11 is 0. The van der Waals surface area contributed by atoms with Gasteiger partial charge in [0.1, 0.15) is 29.2 Å². The molecule has 6 atom stereocenters. The van der Waals surface area contributed by atoms with Crippen molar-refractivity contribution in [3.63, 3.8) is 0 Å². The van der Waals surface area contributed by atoms with E-state index in [0.717, 1.165) is 74.6 Å². The summed E-state index contributed by atoms with van der Waals surface area (Å²) in [5, 5.41) is 8.03. The second kappa shape index (κ2) is 24.8. The Morgan fingerprint density at radius 2 is 1.18 bits per heavy atom. The van der Waals surface area contributed by atoms with Gasteiger partial charge < -0.3 is 43.4 Å². The van der Waals surface area contributed by atoms with Crippen LogP contribution in [0, 0.1) is 11.6 Å². The van der Waals surface area contributed by atoms with E-state index in [1.165, 1.54) is 24.3 Å². The van der Waals surface area contributed by atoms with Gasteiger partial charge in [-0.25, -0.2) is 13.6 Å². The number of halogens is 2. The minimum atomic E-state index is -1.88. The highest BCUT2D eigenvalue weighted by atomic mass is 28.3. The van der Waals surface area contributed by atoms with E-state index in [0.29, 0.717) is 71.7 Å². The van der Waals surface area contributed by atoms with Gasteiger partial charge in [0.15, 0.2) is 0 Å². The maximum atomic E-state index is 14.7. The van der Waals surface area contributed by atoms with Gasteiger partial charge in [-0.3, -0.25) is 0 Å². The van der Waals surface area contributed by atoms with Crippen LogP contribution < -0.4 is 14.8 Å². The van der Waals surface area contributed by atoms with E-state index in [4.69, 9.17) is 33.2 Å². The Labute approximate surface area is 418 Å². The zero-order valence-electron chi connectivity index (χ0n) is 41.9. The average Bonchev–Trinajstić information content (AvgIpc) is 3.37. The highest BCUT2D eigenvalue weighted by Gasteiger charge is 2.44. The second-order valence-electron chi connectivity index (χ2n) is 20.2. The Bertz CT molecular complexity index is 2650. The molecule has 0 spiro atoms. The van der Waals surface area contributed by atoms with Crippen molar-refractivity contribution in [3.05, 3.63) is 155 Å².